The van der Waals surface area contributed by atoms with Crippen molar-refractivity contribution in [1.29, 1.82) is 0 Å². The lowest BCUT2D eigenvalue weighted by Gasteiger charge is -2.35. The second kappa shape index (κ2) is 2.31. The van der Waals surface area contributed by atoms with Crippen LogP contribution in [-0.4, -0.2) is 22.6 Å². The van der Waals surface area contributed by atoms with Gasteiger partial charge in [0.05, 0.1) is 16.2 Å². The minimum absolute atomic E-state index is 0.497. The molecule has 0 radical (unpaired) electrons. The highest BCUT2D eigenvalue weighted by atomic mass is 16.4. The third-order valence-corrected chi connectivity index (χ3v) is 4.97. The van der Waals surface area contributed by atoms with Gasteiger partial charge in [0.15, 0.2) is 0 Å². The highest BCUT2D eigenvalue weighted by Crippen LogP contribution is 2.68. The average Bonchev–Trinajstić information content (AvgIpc) is 2.44. The lowest BCUT2D eigenvalue weighted by molar-refractivity contribution is -0.160. The van der Waals surface area contributed by atoms with Crippen LogP contribution in [0.5, 0.6) is 0 Å². The molecule has 2 bridgehead atoms. The SMILES string of the molecule is CC12CCC(C)(C(=O)C1=O)C2(C)C(=O)O. The van der Waals surface area contributed by atoms with Gasteiger partial charge in [-0.1, -0.05) is 13.8 Å². The molecule has 2 aliphatic carbocycles. The molecule has 1 N–H and O–H groups in total. The summed E-state index contributed by atoms with van der Waals surface area (Å²) in [5, 5.41) is 9.31. The van der Waals surface area contributed by atoms with Crippen molar-refractivity contribution in [3.05, 3.63) is 0 Å². The maximum atomic E-state index is 11.8. The minimum Gasteiger partial charge on any atom is -0.481 e. The number of hydrogen-bond donors (Lipinski definition) is 1. The third-order valence-electron chi connectivity index (χ3n) is 4.97. The highest BCUT2D eigenvalue weighted by molar-refractivity contribution is 6.45. The molecule has 0 aromatic carbocycles. The van der Waals surface area contributed by atoms with E-state index < -0.39 is 33.8 Å². The third kappa shape index (κ3) is 0.713. The van der Waals surface area contributed by atoms with Gasteiger partial charge in [0.25, 0.3) is 0 Å². The van der Waals surface area contributed by atoms with E-state index in [1.54, 1.807) is 13.8 Å². The van der Waals surface area contributed by atoms with Crippen LogP contribution in [0.1, 0.15) is 33.6 Å². The fourth-order valence-electron chi connectivity index (χ4n) is 3.26. The molecule has 0 heterocycles. The van der Waals surface area contributed by atoms with Gasteiger partial charge < -0.3 is 5.11 Å². The topological polar surface area (TPSA) is 71.4 Å². The highest BCUT2D eigenvalue weighted by Gasteiger charge is 2.78. The van der Waals surface area contributed by atoms with E-state index in [-0.39, 0.29) is 0 Å². The van der Waals surface area contributed by atoms with Crippen LogP contribution in [0.15, 0.2) is 0 Å². The fourth-order valence-corrected chi connectivity index (χ4v) is 3.26. The molecule has 2 rings (SSSR count). The Morgan fingerprint density at radius 1 is 1.07 bits per heavy atom. The van der Waals surface area contributed by atoms with E-state index in [0.29, 0.717) is 12.8 Å². The molecule has 0 amide bonds. The number of carboxylic acid groups (broad SMARTS) is 1. The zero-order chi connectivity index (χ0) is 11.6. The first-order valence-corrected chi connectivity index (χ1v) is 5.04. The molecule has 0 aliphatic heterocycles. The maximum Gasteiger partial charge on any atom is 0.311 e. The van der Waals surface area contributed by atoms with Crippen molar-refractivity contribution in [2.45, 2.75) is 33.6 Å². The molecule has 4 heteroatoms. The van der Waals surface area contributed by atoms with Gasteiger partial charge in [0, 0.05) is 0 Å². The summed E-state index contributed by atoms with van der Waals surface area (Å²) in [6.07, 6.45) is 0.994. The number of ketones is 2. The van der Waals surface area contributed by atoms with Crippen molar-refractivity contribution in [3.8, 4) is 0 Å². The number of aliphatic carboxylic acids is 1. The second-order valence-corrected chi connectivity index (χ2v) is 5.25. The standard InChI is InChI=1S/C11H14O4/c1-9-4-5-10(2,7(13)6(9)12)11(9,3)8(14)15/h4-5H2,1-3H3,(H,14,15). The van der Waals surface area contributed by atoms with Gasteiger partial charge >= 0.3 is 5.97 Å². The molecule has 2 atom stereocenters. The van der Waals surface area contributed by atoms with Crippen molar-refractivity contribution in [3.63, 3.8) is 0 Å². The van der Waals surface area contributed by atoms with Crippen LogP contribution in [0.2, 0.25) is 0 Å². The summed E-state index contributed by atoms with van der Waals surface area (Å²) in [4.78, 5) is 35.0. The molecule has 2 fully saturated rings. The van der Waals surface area contributed by atoms with Crippen LogP contribution in [-0.2, 0) is 14.4 Å². The van der Waals surface area contributed by atoms with Gasteiger partial charge in [-0.25, -0.2) is 0 Å². The Morgan fingerprint density at radius 2 is 1.40 bits per heavy atom. The van der Waals surface area contributed by atoms with E-state index in [4.69, 9.17) is 0 Å². The second-order valence-electron chi connectivity index (χ2n) is 5.25. The first kappa shape index (κ1) is 10.3. The predicted octanol–water partition coefficient (Wildman–Crippen LogP) is 1.04. The first-order chi connectivity index (χ1) is 6.72. The van der Waals surface area contributed by atoms with E-state index in [9.17, 15) is 19.5 Å². The smallest absolute Gasteiger partial charge is 0.311 e. The van der Waals surface area contributed by atoms with Crippen LogP contribution >= 0.6 is 0 Å². The van der Waals surface area contributed by atoms with Gasteiger partial charge in [-0.2, -0.15) is 0 Å². The summed E-state index contributed by atoms with van der Waals surface area (Å²) in [7, 11) is 0. The van der Waals surface area contributed by atoms with Gasteiger partial charge in [0.2, 0.25) is 11.6 Å². The molecule has 0 spiro atoms. The molecule has 0 aromatic rings. The van der Waals surface area contributed by atoms with Gasteiger partial charge in [-0.05, 0) is 19.8 Å². The Kier molecular flexibility index (Phi) is 1.59. The fraction of sp³-hybridized carbons (Fsp3) is 0.727. The van der Waals surface area contributed by atoms with Gasteiger partial charge in [-0.15, -0.1) is 0 Å². The Hall–Kier alpha value is -1.19. The minimum atomic E-state index is -1.24. The zero-order valence-corrected chi connectivity index (χ0v) is 9.09. The Labute approximate surface area is 87.7 Å². The van der Waals surface area contributed by atoms with Crippen molar-refractivity contribution >= 4 is 17.5 Å². The molecule has 82 valence electrons. The molecule has 2 unspecified atom stereocenters. The summed E-state index contributed by atoms with van der Waals surface area (Å²) in [5.41, 5.74) is -3.26. The molecule has 15 heavy (non-hydrogen) atoms. The molecule has 4 nitrogen and oxygen atoms in total. The van der Waals surface area contributed by atoms with Crippen molar-refractivity contribution in [2.75, 3.05) is 0 Å². The number of fused-ring (bicyclic) bond motifs is 2. The van der Waals surface area contributed by atoms with Gasteiger partial charge in [-0.3, -0.25) is 14.4 Å². The number of rotatable bonds is 1. The number of carbonyl (C=O) groups excluding carboxylic acids is 2. The average molecular weight is 210 g/mol. The number of carboxylic acids is 1. The van der Waals surface area contributed by atoms with Crippen molar-refractivity contribution in [1.82, 2.24) is 0 Å². The molecule has 2 aliphatic rings. The molecule has 0 saturated heterocycles. The summed E-state index contributed by atoms with van der Waals surface area (Å²) in [6.45, 7) is 4.75. The molecule has 0 aromatic heterocycles. The van der Waals surface area contributed by atoms with Crippen molar-refractivity contribution in [2.24, 2.45) is 16.2 Å². The first-order valence-electron chi connectivity index (χ1n) is 5.04. The van der Waals surface area contributed by atoms with Gasteiger partial charge in [0.1, 0.15) is 0 Å². The van der Waals surface area contributed by atoms with E-state index in [1.807, 2.05) is 0 Å². The lowest BCUT2D eigenvalue weighted by Crippen LogP contribution is -2.44. The molecule has 2 saturated carbocycles. The molecular weight excluding hydrogens is 196 g/mol. The summed E-state index contributed by atoms with van der Waals surface area (Å²) in [5.74, 6) is -2.04. The normalized spacial score (nSPS) is 48.7. The van der Waals surface area contributed by atoms with Crippen LogP contribution in [0.25, 0.3) is 0 Å². The summed E-state index contributed by atoms with van der Waals surface area (Å²) < 4.78 is 0. The van der Waals surface area contributed by atoms with Crippen LogP contribution in [0, 0.1) is 16.2 Å². The maximum absolute atomic E-state index is 11.8. The molecular formula is C11H14O4. The van der Waals surface area contributed by atoms with E-state index in [2.05, 4.69) is 0 Å². The largest absolute Gasteiger partial charge is 0.481 e. The number of hydrogen-bond acceptors (Lipinski definition) is 3. The Balaban J connectivity index is 2.74. The van der Waals surface area contributed by atoms with Crippen LogP contribution < -0.4 is 0 Å². The van der Waals surface area contributed by atoms with E-state index in [1.165, 1.54) is 6.92 Å². The Bertz CT molecular complexity index is 369. The van der Waals surface area contributed by atoms with Crippen LogP contribution in [0.3, 0.4) is 0 Å². The van der Waals surface area contributed by atoms with Crippen LogP contribution in [0.4, 0.5) is 0 Å². The van der Waals surface area contributed by atoms with Crippen molar-refractivity contribution < 1.29 is 19.5 Å². The summed E-state index contributed by atoms with van der Waals surface area (Å²) in [6, 6.07) is 0. The number of Topliss-reactive ketones (excluding diaryl/α,β-unsaturated/α-hetero) is 2. The quantitative estimate of drug-likeness (QED) is 0.656. The summed E-state index contributed by atoms with van der Waals surface area (Å²) >= 11 is 0. The predicted molar refractivity (Wildman–Crippen MR) is 51.2 cm³/mol. The Morgan fingerprint density at radius 3 is 1.60 bits per heavy atom. The zero-order valence-electron chi connectivity index (χ0n) is 9.09. The number of carbonyl (C=O) groups is 3. The monoisotopic (exact) mass is 210 g/mol. The van der Waals surface area contributed by atoms with E-state index in [0.717, 1.165) is 0 Å². The van der Waals surface area contributed by atoms with E-state index >= 15 is 0 Å². The lowest BCUT2D eigenvalue weighted by atomic mass is 9.64.